The van der Waals surface area contributed by atoms with Crippen molar-refractivity contribution in [3.8, 4) is 5.75 Å². The third-order valence-corrected chi connectivity index (χ3v) is 5.56. The molecule has 144 valence electrons. The second-order valence-corrected chi connectivity index (χ2v) is 7.61. The smallest absolute Gasteiger partial charge is 0.174 e. The molecule has 0 radical (unpaired) electrons. The quantitative estimate of drug-likeness (QED) is 0.443. The van der Waals surface area contributed by atoms with E-state index in [2.05, 4.69) is 5.32 Å². The molecule has 0 aliphatic rings. The van der Waals surface area contributed by atoms with E-state index < -0.39 is 0 Å². The molecule has 1 atom stereocenters. The summed E-state index contributed by atoms with van der Waals surface area (Å²) < 4.78 is 0. The van der Waals surface area contributed by atoms with Crippen LogP contribution < -0.4 is 5.32 Å². The first-order chi connectivity index (χ1) is 13.5. The predicted molar refractivity (Wildman–Crippen MR) is 121 cm³/mol. The summed E-state index contributed by atoms with van der Waals surface area (Å²) in [7, 11) is 0. The van der Waals surface area contributed by atoms with Crippen LogP contribution in [0.2, 0.25) is 10.0 Å². The standard InChI is InChI=1S/C22H20Cl2N2OS/c1-15(18-9-5-6-10-21(18)27)26(14-16-7-3-2-4-8-16)22(28)25-17-11-12-19(23)20(24)13-17/h2-13,15,27H,14H2,1H3,(H,25,28). The van der Waals surface area contributed by atoms with Crippen LogP contribution >= 0.6 is 35.4 Å². The summed E-state index contributed by atoms with van der Waals surface area (Å²) in [5.41, 5.74) is 2.67. The van der Waals surface area contributed by atoms with E-state index >= 15 is 0 Å². The number of nitrogens with one attached hydrogen (secondary N) is 1. The molecule has 0 spiro atoms. The highest BCUT2D eigenvalue weighted by atomic mass is 35.5. The highest BCUT2D eigenvalue weighted by Gasteiger charge is 2.21. The van der Waals surface area contributed by atoms with E-state index in [1.165, 1.54) is 0 Å². The summed E-state index contributed by atoms with van der Waals surface area (Å²) in [5, 5.41) is 15.0. The summed E-state index contributed by atoms with van der Waals surface area (Å²) in [6.07, 6.45) is 0. The number of para-hydroxylation sites is 1. The number of benzene rings is 3. The van der Waals surface area contributed by atoms with Crippen molar-refractivity contribution < 1.29 is 5.11 Å². The predicted octanol–water partition coefficient (Wildman–Crippen LogP) is 6.66. The fourth-order valence-electron chi connectivity index (χ4n) is 2.94. The Balaban J connectivity index is 1.89. The van der Waals surface area contributed by atoms with E-state index in [-0.39, 0.29) is 11.8 Å². The molecule has 3 aromatic rings. The Morgan fingerprint density at radius 1 is 1.00 bits per heavy atom. The van der Waals surface area contributed by atoms with Gasteiger partial charge in [0.05, 0.1) is 16.1 Å². The number of hydrogen-bond acceptors (Lipinski definition) is 2. The molecule has 0 heterocycles. The maximum atomic E-state index is 10.3. The second kappa shape index (κ2) is 9.28. The minimum Gasteiger partial charge on any atom is -0.508 e. The van der Waals surface area contributed by atoms with Gasteiger partial charge in [0.2, 0.25) is 0 Å². The maximum Gasteiger partial charge on any atom is 0.174 e. The zero-order valence-electron chi connectivity index (χ0n) is 15.3. The number of aromatic hydroxyl groups is 1. The number of phenolic OH excluding ortho intramolecular Hbond substituents is 1. The number of rotatable bonds is 5. The molecule has 0 saturated carbocycles. The van der Waals surface area contributed by atoms with Crippen LogP contribution in [0.1, 0.15) is 24.1 Å². The topological polar surface area (TPSA) is 35.5 Å². The summed E-state index contributed by atoms with van der Waals surface area (Å²) in [6.45, 7) is 2.60. The Morgan fingerprint density at radius 2 is 1.68 bits per heavy atom. The first-order valence-corrected chi connectivity index (χ1v) is 9.96. The fraction of sp³-hybridized carbons (Fsp3) is 0.136. The molecule has 0 aliphatic heterocycles. The van der Waals surface area contributed by atoms with Gasteiger partial charge in [0.15, 0.2) is 5.11 Å². The van der Waals surface area contributed by atoms with Gasteiger partial charge in [-0.2, -0.15) is 0 Å². The van der Waals surface area contributed by atoms with Crippen molar-refractivity contribution in [2.45, 2.75) is 19.5 Å². The molecule has 28 heavy (non-hydrogen) atoms. The van der Waals surface area contributed by atoms with E-state index in [9.17, 15) is 5.11 Å². The second-order valence-electron chi connectivity index (χ2n) is 6.41. The van der Waals surface area contributed by atoms with E-state index in [1.807, 2.05) is 60.4 Å². The first-order valence-electron chi connectivity index (χ1n) is 8.80. The Morgan fingerprint density at radius 3 is 2.36 bits per heavy atom. The van der Waals surface area contributed by atoms with Crippen LogP contribution in [0.3, 0.4) is 0 Å². The highest BCUT2D eigenvalue weighted by molar-refractivity contribution is 7.80. The summed E-state index contributed by atoms with van der Waals surface area (Å²) in [5.74, 6) is 0.241. The van der Waals surface area contributed by atoms with Gasteiger partial charge in [-0.25, -0.2) is 0 Å². The fourth-order valence-corrected chi connectivity index (χ4v) is 3.58. The van der Waals surface area contributed by atoms with Gasteiger partial charge in [-0.1, -0.05) is 71.7 Å². The van der Waals surface area contributed by atoms with Gasteiger partial charge < -0.3 is 15.3 Å². The van der Waals surface area contributed by atoms with Gasteiger partial charge >= 0.3 is 0 Å². The Kier molecular flexibility index (Phi) is 6.79. The summed E-state index contributed by atoms with van der Waals surface area (Å²) >= 11 is 17.8. The largest absolute Gasteiger partial charge is 0.508 e. The van der Waals surface area contributed by atoms with Gasteiger partial charge in [-0.15, -0.1) is 0 Å². The van der Waals surface area contributed by atoms with Crippen LogP contribution in [0.4, 0.5) is 5.69 Å². The monoisotopic (exact) mass is 430 g/mol. The van der Waals surface area contributed by atoms with Gasteiger partial charge in [0.25, 0.3) is 0 Å². The number of thiocarbonyl (C=S) groups is 1. The van der Waals surface area contributed by atoms with E-state index in [1.54, 1.807) is 24.3 Å². The molecule has 3 nitrogen and oxygen atoms in total. The molecule has 0 amide bonds. The third-order valence-electron chi connectivity index (χ3n) is 4.48. The molecule has 3 rings (SSSR count). The molecule has 0 aliphatic carbocycles. The SMILES string of the molecule is CC(c1ccccc1O)N(Cc1ccccc1)C(=S)Nc1ccc(Cl)c(Cl)c1. The van der Waals surface area contributed by atoms with Crippen molar-refractivity contribution in [3.63, 3.8) is 0 Å². The lowest BCUT2D eigenvalue weighted by atomic mass is 10.1. The van der Waals surface area contributed by atoms with Gasteiger partial charge in [0.1, 0.15) is 5.75 Å². The van der Waals surface area contributed by atoms with Crippen molar-refractivity contribution >= 4 is 46.2 Å². The van der Waals surface area contributed by atoms with Crippen LogP contribution in [0.25, 0.3) is 0 Å². The average Bonchev–Trinajstić information content (AvgIpc) is 2.69. The molecule has 2 N–H and O–H groups in total. The van der Waals surface area contributed by atoms with E-state index in [4.69, 9.17) is 35.4 Å². The van der Waals surface area contributed by atoms with Crippen molar-refractivity contribution in [2.75, 3.05) is 5.32 Å². The van der Waals surface area contributed by atoms with Crippen LogP contribution in [-0.4, -0.2) is 15.1 Å². The number of phenols is 1. The normalized spacial score (nSPS) is 11.7. The molecule has 0 aromatic heterocycles. The number of nitrogens with zero attached hydrogens (tertiary/aromatic N) is 1. The van der Waals surface area contributed by atoms with Crippen molar-refractivity contribution in [3.05, 3.63) is 94.0 Å². The van der Waals surface area contributed by atoms with Crippen LogP contribution in [0.15, 0.2) is 72.8 Å². The van der Waals surface area contributed by atoms with Crippen LogP contribution in [0.5, 0.6) is 5.75 Å². The van der Waals surface area contributed by atoms with Gasteiger partial charge in [-0.05, 0) is 49.0 Å². The lowest BCUT2D eigenvalue weighted by Crippen LogP contribution is -2.36. The molecule has 0 bridgehead atoms. The first kappa shape index (κ1) is 20.5. The minimum atomic E-state index is -0.149. The zero-order valence-corrected chi connectivity index (χ0v) is 17.6. The van der Waals surface area contributed by atoms with E-state index in [0.29, 0.717) is 21.7 Å². The minimum absolute atomic E-state index is 0.149. The lowest BCUT2D eigenvalue weighted by Gasteiger charge is -2.32. The van der Waals surface area contributed by atoms with E-state index in [0.717, 1.165) is 16.8 Å². The Labute approximate surface area is 180 Å². The Bertz CT molecular complexity index is 966. The Hall–Kier alpha value is -2.27. The third kappa shape index (κ3) is 4.96. The zero-order chi connectivity index (χ0) is 20.1. The summed E-state index contributed by atoms with van der Waals surface area (Å²) in [4.78, 5) is 2.03. The number of anilines is 1. The highest BCUT2D eigenvalue weighted by Crippen LogP contribution is 2.31. The maximum absolute atomic E-state index is 10.3. The molecular formula is C22H20Cl2N2OS. The van der Waals surface area contributed by atoms with Crippen LogP contribution in [0, 0.1) is 0 Å². The molecule has 0 saturated heterocycles. The molecule has 1 unspecified atom stereocenters. The summed E-state index contributed by atoms with van der Waals surface area (Å²) in [6, 6.07) is 22.5. The van der Waals surface area contributed by atoms with Crippen LogP contribution in [-0.2, 0) is 6.54 Å². The van der Waals surface area contributed by atoms with Crippen molar-refractivity contribution in [1.82, 2.24) is 4.90 Å². The molecular weight excluding hydrogens is 411 g/mol. The van der Waals surface area contributed by atoms with Gasteiger partial charge in [-0.3, -0.25) is 0 Å². The molecule has 0 fully saturated rings. The van der Waals surface area contributed by atoms with Crippen molar-refractivity contribution in [1.29, 1.82) is 0 Å². The van der Waals surface area contributed by atoms with Crippen molar-refractivity contribution in [2.24, 2.45) is 0 Å². The lowest BCUT2D eigenvalue weighted by molar-refractivity contribution is 0.324. The van der Waals surface area contributed by atoms with Gasteiger partial charge in [0, 0.05) is 17.8 Å². The molecule has 6 heteroatoms. The molecule has 3 aromatic carbocycles. The number of hydrogen-bond donors (Lipinski definition) is 2. The number of halogens is 2. The average molecular weight is 431 g/mol.